The van der Waals surface area contributed by atoms with Crippen molar-refractivity contribution in [1.82, 2.24) is 0 Å². The number of benzene rings is 2. The summed E-state index contributed by atoms with van der Waals surface area (Å²) >= 11 is 0. The van der Waals surface area contributed by atoms with Crippen molar-refractivity contribution in [2.45, 2.75) is 4.90 Å². The topological polar surface area (TPSA) is 89.3 Å². The van der Waals surface area contributed by atoms with Gasteiger partial charge in [-0.3, -0.25) is 14.8 Å². The van der Waals surface area contributed by atoms with Crippen molar-refractivity contribution in [2.75, 3.05) is 4.72 Å². The summed E-state index contributed by atoms with van der Waals surface area (Å²) in [7, 11) is -4.07. The molecule has 0 aliphatic rings. The van der Waals surface area contributed by atoms with Gasteiger partial charge in [-0.1, -0.05) is 24.1 Å². The lowest BCUT2D eigenvalue weighted by Crippen LogP contribution is -2.14. The van der Waals surface area contributed by atoms with Crippen LogP contribution in [-0.4, -0.2) is 13.3 Å². The average Bonchev–Trinajstić information content (AvgIpc) is 2.47. The van der Waals surface area contributed by atoms with Crippen LogP contribution in [0.15, 0.2) is 53.4 Å². The van der Waals surface area contributed by atoms with Crippen LogP contribution in [0.3, 0.4) is 0 Å². The molecule has 6 nitrogen and oxygen atoms in total. The third-order valence-electron chi connectivity index (χ3n) is 2.63. The van der Waals surface area contributed by atoms with Crippen molar-refractivity contribution in [3.63, 3.8) is 0 Å². The van der Waals surface area contributed by atoms with Crippen LogP contribution in [-0.2, 0) is 10.0 Å². The van der Waals surface area contributed by atoms with E-state index in [0.29, 0.717) is 5.56 Å². The van der Waals surface area contributed by atoms with Crippen LogP contribution in [0.4, 0.5) is 11.4 Å². The molecule has 0 radical (unpaired) electrons. The van der Waals surface area contributed by atoms with E-state index in [4.69, 9.17) is 6.42 Å². The summed E-state index contributed by atoms with van der Waals surface area (Å²) in [5, 5.41) is 10.9. The van der Waals surface area contributed by atoms with E-state index >= 15 is 0 Å². The van der Waals surface area contributed by atoms with Crippen molar-refractivity contribution in [1.29, 1.82) is 0 Å². The maximum Gasteiger partial charge on any atom is 0.289 e. The van der Waals surface area contributed by atoms with Crippen molar-refractivity contribution >= 4 is 21.4 Å². The number of nitrogens with zero attached hydrogens (tertiary/aromatic N) is 1. The molecule has 0 aliphatic heterocycles. The number of nitro groups is 1. The summed E-state index contributed by atoms with van der Waals surface area (Å²) < 4.78 is 26.8. The summed E-state index contributed by atoms with van der Waals surface area (Å²) in [5.41, 5.74) is 0.250. The van der Waals surface area contributed by atoms with Crippen LogP contribution in [0.2, 0.25) is 0 Å². The fourth-order valence-electron chi connectivity index (χ4n) is 1.72. The first-order valence-electron chi connectivity index (χ1n) is 5.77. The van der Waals surface area contributed by atoms with Gasteiger partial charge in [-0.15, -0.1) is 6.42 Å². The van der Waals surface area contributed by atoms with Gasteiger partial charge >= 0.3 is 0 Å². The summed E-state index contributed by atoms with van der Waals surface area (Å²) in [6.45, 7) is 0. The number of anilines is 1. The molecule has 0 fully saturated rings. The fraction of sp³-hybridized carbons (Fsp3) is 0. The van der Waals surface area contributed by atoms with Crippen molar-refractivity contribution < 1.29 is 13.3 Å². The zero-order valence-corrected chi connectivity index (χ0v) is 11.5. The van der Waals surface area contributed by atoms with Crippen molar-refractivity contribution in [2.24, 2.45) is 0 Å². The highest BCUT2D eigenvalue weighted by Crippen LogP contribution is 2.25. The SMILES string of the molecule is C#Cc1cccc(NS(=O)(=O)c2ccccc2[N+](=O)[O-])c1. The molecular weight excluding hydrogens is 292 g/mol. The predicted octanol–water partition coefficient (Wildman–Crippen LogP) is 2.38. The Hall–Kier alpha value is -2.85. The lowest BCUT2D eigenvalue weighted by atomic mass is 10.2. The Morgan fingerprint density at radius 1 is 1.14 bits per heavy atom. The summed E-state index contributed by atoms with van der Waals surface area (Å²) in [6.07, 6.45) is 5.24. The lowest BCUT2D eigenvalue weighted by Gasteiger charge is -2.08. The maximum atomic E-state index is 12.3. The Labute approximate surface area is 121 Å². The zero-order chi connectivity index (χ0) is 15.5. The molecule has 0 amide bonds. The second-order valence-electron chi connectivity index (χ2n) is 4.06. The molecule has 2 aromatic carbocycles. The molecular formula is C14H10N2O4S. The average molecular weight is 302 g/mol. The third kappa shape index (κ3) is 3.19. The lowest BCUT2D eigenvalue weighted by molar-refractivity contribution is -0.387. The summed E-state index contributed by atoms with van der Waals surface area (Å²) in [4.78, 5) is 9.76. The molecule has 0 saturated carbocycles. The van der Waals surface area contributed by atoms with Gasteiger partial charge in [-0.05, 0) is 24.3 Å². The first-order chi connectivity index (χ1) is 9.94. The number of sulfonamides is 1. The second-order valence-corrected chi connectivity index (χ2v) is 5.71. The predicted molar refractivity (Wildman–Crippen MR) is 78.3 cm³/mol. The molecule has 106 valence electrons. The molecule has 2 aromatic rings. The van der Waals surface area contributed by atoms with Gasteiger partial charge in [0.25, 0.3) is 15.7 Å². The number of para-hydroxylation sites is 1. The standard InChI is InChI=1S/C14H10N2O4S/c1-2-11-6-5-7-12(10-11)15-21(19,20)14-9-4-3-8-13(14)16(17)18/h1,3-10,15H. The number of hydrogen-bond acceptors (Lipinski definition) is 4. The molecule has 0 heterocycles. The van der Waals surface area contributed by atoms with E-state index in [-0.39, 0.29) is 5.69 Å². The number of rotatable bonds is 4. The van der Waals surface area contributed by atoms with Gasteiger partial charge < -0.3 is 0 Å². The Morgan fingerprint density at radius 3 is 2.52 bits per heavy atom. The van der Waals surface area contributed by atoms with Gasteiger partial charge in [0.2, 0.25) is 0 Å². The highest BCUT2D eigenvalue weighted by atomic mass is 32.2. The molecule has 0 atom stereocenters. The van der Waals surface area contributed by atoms with E-state index in [1.54, 1.807) is 12.1 Å². The fourth-order valence-corrected chi connectivity index (χ4v) is 2.94. The van der Waals surface area contributed by atoms with Gasteiger partial charge in [0.05, 0.1) is 10.6 Å². The molecule has 1 N–H and O–H groups in total. The maximum absolute atomic E-state index is 12.3. The van der Waals surface area contributed by atoms with E-state index < -0.39 is 25.5 Å². The van der Waals surface area contributed by atoms with E-state index in [1.165, 1.54) is 30.3 Å². The third-order valence-corrected chi connectivity index (χ3v) is 4.06. The second kappa shape index (κ2) is 5.64. The van der Waals surface area contributed by atoms with E-state index in [9.17, 15) is 18.5 Å². The molecule has 0 spiro atoms. The first-order valence-corrected chi connectivity index (χ1v) is 7.25. The van der Waals surface area contributed by atoms with Gasteiger partial charge in [0, 0.05) is 11.6 Å². The summed E-state index contributed by atoms with van der Waals surface area (Å²) in [5.74, 6) is 2.38. The van der Waals surface area contributed by atoms with Gasteiger partial charge in [-0.25, -0.2) is 8.42 Å². The molecule has 0 saturated heterocycles. The molecule has 7 heteroatoms. The number of terminal acetylenes is 1. The van der Waals surface area contributed by atoms with E-state index in [1.807, 2.05) is 0 Å². The van der Waals surface area contributed by atoms with Crippen molar-refractivity contribution in [3.05, 3.63) is 64.2 Å². The van der Waals surface area contributed by atoms with Gasteiger partial charge in [0.15, 0.2) is 4.90 Å². The number of nitro benzene ring substituents is 1. The van der Waals surface area contributed by atoms with E-state index in [2.05, 4.69) is 10.6 Å². The smallest absolute Gasteiger partial charge is 0.279 e. The van der Waals surface area contributed by atoms with Gasteiger partial charge in [-0.2, -0.15) is 0 Å². The van der Waals surface area contributed by atoms with Crippen LogP contribution >= 0.6 is 0 Å². The van der Waals surface area contributed by atoms with Crippen LogP contribution in [0.25, 0.3) is 0 Å². The minimum Gasteiger partial charge on any atom is -0.279 e. The molecule has 0 aliphatic carbocycles. The van der Waals surface area contributed by atoms with Gasteiger partial charge in [0.1, 0.15) is 0 Å². The first kappa shape index (κ1) is 14.6. The quantitative estimate of drug-likeness (QED) is 0.533. The molecule has 21 heavy (non-hydrogen) atoms. The highest BCUT2D eigenvalue weighted by molar-refractivity contribution is 7.92. The largest absolute Gasteiger partial charge is 0.289 e. The summed E-state index contributed by atoms with van der Waals surface area (Å²) in [6, 6.07) is 11.3. The van der Waals surface area contributed by atoms with E-state index in [0.717, 1.165) is 6.07 Å². The molecule has 2 rings (SSSR count). The number of nitrogens with one attached hydrogen (secondary N) is 1. The molecule has 0 unspecified atom stereocenters. The Balaban J connectivity index is 2.44. The van der Waals surface area contributed by atoms with Crippen LogP contribution in [0.1, 0.15) is 5.56 Å². The Kier molecular flexibility index (Phi) is 3.91. The normalized spacial score (nSPS) is 10.6. The molecule has 0 aromatic heterocycles. The Morgan fingerprint density at radius 2 is 1.86 bits per heavy atom. The monoisotopic (exact) mass is 302 g/mol. The highest BCUT2D eigenvalue weighted by Gasteiger charge is 2.25. The minimum absolute atomic E-state index is 0.239. The zero-order valence-electron chi connectivity index (χ0n) is 10.7. The van der Waals surface area contributed by atoms with Crippen LogP contribution < -0.4 is 4.72 Å². The van der Waals surface area contributed by atoms with Crippen LogP contribution in [0.5, 0.6) is 0 Å². The molecule has 0 bridgehead atoms. The minimum atomic E-state index is -4.07. The Bertz CT molecular complexity index is 838. The number of hydrogen-bond donors (Lipinski definition) is 1. The van der Waals surface area contributed by atoms with Crippen LogP contribution in [0, 0.1) is 22.5 Å². The van der Waals surface area contributed by atoms with Crippen molar-refractivity contribution in [3.8, 4) is 12.3 Å².